The third kappa shape index (κ3) is 4.55. The summed E-state index contributed by atoms with van der Waals surface area (Å²) < 4.78 is 21.3. The van der Waals surface area contributed by atoms with Crippen molar-refractivity contribution in [3.05, 3.63) is 89.9 Å². The van der Waals surface area contributed by atoms with Gasteiger partial charge in [0.15, 0.2) is 0 Å². The van der Waals surface area contributed by atoms with Gasteiger partial charge in [0.1, 0.15) is 11.9 Å². The average molecular weight is 502 g/mol. The number of aromatic nitrogens is 3. The summed E-state index contributed by atoms with van der Waals surface area (Å²) in [5.74, 6) is -0.480. The summed E-state index contributed by atoms with van der Waals surface area (Å²) in [6, 6.07) is 14.8. The van der Waals surface area contributed by atoms with Gasteiger partial charge in [-0.15, -0.1) is 0 Å². The van der Waals surface area contributed by atoms with Gasteiger partial charge >= 0.3 is 5.97 Å². The van der Waals surface area contributed by atoms with E-state index in [1.807, 2.05) is 36.8 Å². The zero-order valence-corrected chi connectivity index (χ0v) is 20.9. The Morgan fingerprint density at radius 2 is 1.97 bits per heavy atom. The van der Waals surface area contributed by atoms with Crippen molar-refractivity contribution in [3.63, 3.8) is 0 Å². The van der Waals surface area contributed by atoms with Crippen LogP contribution in [0.3, 0.4) is 0 Å². The number of esters is 1. The van der Waals surface area contributed by atoms with Crippen molar-refractivity contribution in [2.45, 2.75) is 56.4 Å². The molecule has 2 N–H and O–H groups in total. The van der Waals surface area contributed by atoms with Gasteiger partial charge in [0, 0.05) is 54.0 Å². The standard InChI is InChI=1S/C29H32FN5O2/c1-37-29(36)27-17-23-22-5-2-3-6-24(22)33-28(23)26-16-21(32-11-4-13-34-14-12-31-18-34)15-25(35(26)27)19-7-9-20(30)10-8-19/h2-3,5-10,12,14,18,21,25-27,32-33H,4,11,13,15-17H2,1H3/t21-,25+,26-,27+/m1/s1. The van der Waals surface area contributed by atoms with Crippen molar-refractivity contribution in [2.75, 3.05) is 13.7 Å². The number of fused-ring (bicyclic) bond motifs is 5. The summed E-state index contributed by atoms with van der Waals surface area (Å²) in [6.45, 7) is 1.79. The molecule has 4 atom stereocenters. The van der Waals surface area contributed by atoms with Crippen LogP contribution in [0.5, 0.6) is 0 Å². The summed E-state index contributed by atoms with van der Waals surface area (Å²) >= 11 is 0. The second kappa shape index (κ2) is 10.1. The number of methoxy groups -OCH3 is 1. The van der Waals surface area contributed by atoms with Crippen molar-refractivity contribution in [2.24, 2.45) is 0 Å². The molecule has 4 heterocycles. The number of halogens is 1. The molecule has 7 nitrogen and oxygen atoms in total. The van der Waals surface area contributed by atoms with Crippen LogP contribution in [0.25, 0.3) is 10.9 Å². The molecule has 192 valence electrons. The number of carbonyl (C=O) groups is 1. The summed E-state index contributed by atoms with van der Waals surface area (Å²) in [5.41, 5.74) is 4.49. The summed E-state index contributed by atoms with van der Waals surface area (Å²) in [5, 5.41) is 4.95. The second-order valence-electron chi connectivity index (χ2n) is 10.1. The number of aromatic amines is 1. The Morgan fingerprint density at radius 1 is 1.16 bits per heavy atom. The van der Waals surface area contributed by atoms with Crippen molar-refractivity contribution >= 4 is 16.9 Å². The van der Waals surface area contributed by atoms with E-state index in [4.69, 9.17) is 4.74 Å². The molecule has 0 aliphatic carbocycles. The van der Waals surface area contributed by atoms with Gasteiger partial charge in [-0.25, -0.2) is 9.37 Å². The van der Waals surface area contributed by atoms with Crippen LogP contribution in [-0.2, 0) is 22.5 Å². The molecule has 1 saturated heterocycles. The maximum atomic E-state index is 13.8. The molecule has 6 rings (SSSR count). The molecule has 0 radical (unpaired) electrons. The first-order chi connectivity index (χ1) is 18.1. The average Bonchev–Trinajstić information content (AvgIpc) is 3.58. The molecular weight excluding hydrogens is 469 g/mol. The van der Waals surface area contributed by atoms with Gasteiger partial charge in [0.25, 0.3) is 0 Å². The number of imidazole rings is 1. The normalized spacial score (nSPS) is 23.5. The number of nitrogens with zero attached hydrogens (tertiary/aromatic N) is 3. The van der Waals surface area contributed by atoms with Gasteiger partial charge < -0.3 is 19.6 Å². The van der Waals surface area contributed by atoms with Gasteiger partial charge in [-0.05, 0) is 55.1 Å². The summed E-state index contributed by atoms with van der Waals surface area (Å²) in [4.78, 5) is 23.3. The van der Waals surface area contributed by atoms with E-state index < -0.39 is 6.04 Å². The molecule has 0 saturated carbocycles. The molecule has 0 spiro atoms. The van der Waals surface area contributed by atoms with Crippen LogP contribution < -0.4 is 5.32 Å². The van der Waals surface area contributed by atoms with E-state index in [0.29, 0.717) is 6.42 Å². The number of para-hydroxylation sites is 1. The highest BCUT2D eigenvalue weighted by atomic mass is 19.1. The second-order valence-corrected chi connectivity index (χ2v) is 10.1. The number of H-pyrrole nitrogens is 1. The fourth-order valence-corrected chi connectivity index (χ4v) is 6.31. The van der Waals surface area contributed by atoms with Crippen LogP contribution >= 0.6 is 0 Å². The zero-order chi connectivity index (χ0) is 25.4. The lowest BCUT2D eigenvalue weighted by molar-refractivity contribution is -0.152. The Balaban J connectivity index is 1.35. The minimum absolute atomic E-state index is 0.00945. The van der Waals surface area contributed by atoms with Gasteiger partial charge in [-0.1, -0.05) is 30.3 Å². The Morgan fingerprint density at radius 3 is 2.76 bits per heavy atom. The third-order valence-electron chi connectivity index (χ3n) is 7.99. The first kappa shape index (κ1) is 23.9. The number of hydrogen-bond acceptors (Lipinski definition) is 5. The number of aryl methyl sites for hydroxylation is 1. The van der Waals surface area contributed by atoms with E-state index in [1.165, 1.54) is 35.9 Å². The molecule has 0 amide bonds. The lowest BCUT2D eigenvalue weighted by Crippen LogP contribution is -2.55. The van der Waals surface area contributed by atoms with Gasteiger partial charge in [0.2, 0.25) is 0 Å². The Kier molecular flexibility index (Phi) is 6.52. The van der Waals surface area contributed by atoms with Crippen LogP contribution in [0.15, 0.2) is 67.3 Å². The minimum atomic E-state index is -0.404. The van der Waals surface area contributed by atoms with E-state index in [-0.39, 0.29) is 29.9 Å². The lowest BCUT2D eigenvalue weighted by atomic mass is 9.79. The molecule has 1 fully saturated rings. The smallest absolute Gasteiger partial charge is 0.323 e. The molecule has 2 aromatic carbocycles. The quantitative estimate of drug-likeness (QED) is 0.288. The molecule has 8 heteroatoms. The molecule has 37 heavy (non-hydrogen) atoms. The van der Waals surface area contributed by atoms with Crippen molar-refractivity contribution in [3.8, 4) is 0 Å². The Bertz CT molecular complexity index is 1370. The maximum Gasteiger partial charge on any atom is 0.323 e. The van der Waals surface area contributed by atoms with Gasteiger partial charge in [0.05, 0.1) is 19.5 Å². The molecule has 2 aliphatic rings. The predicted octanol–water partition coefficient (Wildman–Crippen LogP) is 4.53. The molecular formula is C29H32FN5O2. The molecule has 2 aliphatic heterocycles. The monoisotopic (exact) mass is 501 g/mol. The Hall–Kier alpha value is -3.49. The number of ether oxygens (including phenoxy) is 1. The highest BCUT2D eigenvalue weighted by Crippen LogP contribution is 2.48. The van der Waals surface area contributed by atoms with Crippen molar-refractivity contribution in [1.29, 1.82) is 0 Å². The topological polar surface area (TPSA) is 75.2 Å². The first-order valence-corrected chi connectivity index (χ1v) is 13.0. The van der Waals surface area contributed by atoms with Crippen molar-refractivity contribution < 1.29 is 13.9 Å². The number of benzene rings is 2. The predicted molar refractivity (Wildman–Crippen MR) is 139 cm³/mol. The largest absolute Gasteiger partial charge is 0.468 e. The van der Waals surface area contributed by atoms with Crippen LogP contribution in [0.2, 0.25) is 0 Å². The molecule has 2 aromatic heterocycles. The van der Waals surface area contributed by atoms with Crippen molar-refractivity contribution in [1.82, 2.24) is 24.8 Å². The fraction of sp³-hybridized carbons (Fsp3) is 0.379. The van der Waals surface area contributed by atoms with Crippen LogP contribution in [0.1, 0.15) is 48.2 Å². The number of rotatable bonds is 7. The zero-order valence-electron chi connectivity index (χ0n) is 20.9. The number of piperidine rings is 1. The summed E-state index contributed by atoms with van der Waals surface area (Å²) in [7, 11) is 1.46. The summed E-state index contributed by atoms with van der Waals surface area (Å²) in [6.07, 6.45) is 8.90. The minimum Gasteiger partial charge on any atom is -0.468 e. The fourth-order valence-electron chi connectivity index (χ4n) is 6.31. The van der Waals surface area contributed by atoms with Crippen LogP contribution in [0, 0.1) is 5.82 Å². The Labute approximate surface area is 215 Å². The van der Waals surface area contributed by atoms with Gasteiger partial charge in [-0.3, -0.25) is 9.69 Å². The molecule has 0 unspecified atom stereocenters. The number of hydrogen-bond donors (Lipinski definition) is 2. The van der Waals surface area contributed by atoms with Gasteiger partial charge in [-0.2, -0.15) is 0 Å². The number of carbonyl (C=O) groups excluding carboxylic acids is 1. The van der Waals surface area contributed by atoms with Crippen LogP contribution in [-0.4, -0.2) is 51.1 Å². The molecule has 0 bridgehead atoms. The molecule has 4 aromatic rings. The van der Waals surface area contributed by atoms with E-state index in [0.717, 1.165) is 43.4 Å². The van der Waals surface area contributed by atoms with E-state index in [1.54, 1.807) is 6.20 Å². The van der Waals surface area contributed by atoms with E-state index in [9.17, 15) is 9.18 Å². The first-order valence-electron chi connectivity index (χ1n) is 13.0. The maximum absolute atomic E-state index is 13.8. The van der Waals surface area contributed by atoms with E-state index in [2.05, 4.69) is 36.9 Å². The van der Waals surface area contributed by atoms with E-state index >= 15 is 0 Å². The highest BCUT2D eigenvalue weighted by Gasteiger charge is 2.48. The lowest BCUT2D eigenvalue weighted by Gasteiger charge is -2.50. The third-order valence-corrected chi connectivity index (χ3v) is 7.99. The highest BCUT2D eigenvalue weighted by molar-refractivity contribution is 5.87. The SMILES string of the molecule is COC(=O)[C@@H]1Cc2c([nH]c3ccccc23)[C@H]2C[C@H](NCCCn3ccnc3)C[C@@H](c3ccc(F)cc3)N21. The van der Waals surface area contributed by atoms with Crippen LogP contribution in [0.4, 0.5) is 4.39 Å². The number of nitrogens with one attached hydrogen (secondary N) is 2.